The molecule has 0 bridgehead atoms. The van der Waals surface area contributed by atoms with E-state index in [4.69, 9.17) is 9.47 Å². The third kappa shape index (κ3) is 5.98. The van der Waals surface area contributed by atoms with Gasteiger partial charge in [-0.15, -0.1) is 0 Å². The van der Waals surface area contributed by atoms with Gasteiger partial charge in [-0.05, 0) is 30.3 Å². The average Bonchev–Trinajstić information content (AvgIpc) is 3.57. The topological polar surface area (TPSA) is 142 Å². The first-order chi connectivity index (χ1) is 23.3. The number of esters is 1. The SMILES string of the molecule is COC(=O)[C@H](Cc1ccc(-n2c(=O)c3ccncc3n(C)c2=O)c2nccn12)NC(=O)c1c(F)cc(N2CCOC[C@H]2C(F)(F)F)cc1F. The highest BCUT2D eigenvalue weighted by molar-refractivity contribution is 5.97. The minimum absolute atomic E-state index is 0.106. The van der Waals surface area contributed by atoms with Crippen molar-refractivity contribution in [2.75, 3.05) is 31.8 Å². The summed E-state index contributed by atoms with van der Waals surface area (Å²) in [4.78, 5) is 61.6. The molecule has 1 aliphatic heterocycles. The second kappa shape index (κ2) is 12.8. The van der Waals surface area contributed by atoms with Crippen molar-refractivity contribution in [3.8, 4) is 5.69 Å². The van der Waals surface area contributed by atoms with Crippen molar-refractivity contribution < 1.29 is 41.0 Å². The van der Waals surface area contributed by atoms with Gasteiger partial charge in [0.15, 0.2) is 5.65 Å². The first-order valence-electron chi connectivity index (χ1n) is 14.6. The van der Waals surface area contributed by atoms with Gasteiger partial charge >= 0.3 is 17.8 Å². The number of hydrogen-bond donors (Lipinski definition) is 1. The Labute approximate surface area is 272 Å². The molecule has 0 aliphatic carbocycles. The molecule has 6 rings (SSSR count). The molecule has 1 amide bonds. The van der Waals surface area contributed by atoms with E-state index in [-0.39, 0.29) is 36.3 Å². The van der Waals surface area contributed by atoms with Crippen LogP contribution in [-0.2, 0) is 27.7 Å². The van der Waals surface area contributed by atoms with E-state index in [9.17, 15) is 32.3 Å². The highest BCUT2D eigenvalue weighted by Crippen LogP contribution is 2.32. The van der Waals surface area contributed by atoms with Crippen molar-refractivity contribution >= 4 is 34.1 Å². The Kier molecular flexibility index (Phi) is 8.66. The zero-order chi connectivity index (χ0) is 35.2. The number of aromatic nitrogens is 5. The Bertz CT molecular complexity index is 2210. The Morgan fingerprint density at radius 1 is 1.12 bits per heavy atom. The lowest BCUT2D eigenvalue weighted by molar-refractivity contribution is -0.167. The molecule has 0 unspecified atom stereocenters. The Morgan fingerprint density at radius 2 is 1.86 bits per heavy atom. The van der Waals surface area contributed by atoms with E-state index in [1.807, 2.05) is 0 Å². The van der Waals surface area contributed by atoms with Gasteiger partial charge in [0.2, 0.25) is 0 Å². The number of imidazole rings is 1. The Morgan fingerprint density at radius 3 is 2.55 bits per heavy atom. The molecule has 4 aromatic heterocycles. The van der Waals surface area contributed by atoms with Crippen molar-refractivity contribution in [3.63, 3.8) is 0 Å². The number of carbonyl (C=O) groups excluding carboxylic acids is 2. The maximum atomic E-state index is 15.2. The number of methoxy groups -OCH3 is 1. The average molecular weight is 688 g/mol. The molecule has 1 aromatic carbocycles. The van der Waals surface area contributed by atoms with E-state index in [1.54, 1.807) is 0 Å². The van der Waals surface area contributed by atoms with Gasteiger partial charge in [0.05, 0.1) is 43.1 Å². The number of hydrogen-bond acceptors (Lipinski definition) is 9. The molecule has 1 saturated heterocycles. The van der Waals surface area contributed by atoms with E-state index >= 15 is 8.78 Å². The first kappa shape index (κ1) is 33.3. The molecule has 49 heavy (non-hydrogen) atoms. The van der Waals surface area contributed by atoms with E-state index < -0.39 is 70.9 Å². The lowest BCUT2D eigenvalue weighted by Crippen LogP contribution is -2.53. The van der Waals surface area contributed by atoms with E-state index in [0.29, 0.717) is 23.3 Å². The number of amides is 1. The number of morpholine rings is 1. The summed E-state index contributed by atoms with van der Waals surface area (Å²) < 4.78 is 84.5. The van der Waals surface area contributed by atoms with Crippen LogP contribution in [0, 0.1) is 11.6 Å². The largest absolute Gasteiger partial charge is 0.467 e. The van der Waals surface area contributed by atoms with Crippen LogP contribution in [0.25, 0.3) is 22.2 Å². The molecule has 0 saturated carbocycles. The third-order valence-electron chi connectivity index (χ3n) is 8.22. The predicted molar refractivity (Wildman–Crippen MR) is 163 cm³/mol. The van der Waals surface area contributed by atoms with Crippen molar-refractivity contribution in [1.82, 2.24) is 28.8 Å². The predicted octanol–water partition coefficient (Wildman–Crippen LogP) is 2.29. The number of ether oxygens (including phenoxy) is 2. The maximum absolute atomic E-state index is 15.2. The molecule has 1 N–H and O–H groups in total. The Hall–Kier alpha value is -5.65. The van der Waals surface area contributed by atoms with Crippen molar-refractivity contribution in [1.29, 1.82) is 0 Å². The number of nitrogens with zero attached hydrogens (tertiary/aromatic N) is 6. The van der Waals surface area contributed by atoms with Crippen LogP contribution in [-0.4, -0.2) is 80.5 Å². The standard InChI is InChI=1S/C31H26F5N7O6/c1-40-23-14-37-6-5-18(23)28(45)43(30(40)47)22-4-3-16(42-8-7-38-26(22)42)13-21(29(46)48-2)39-27(44)25-19(32)11-17(12-20(25)33)41-9-10-49-15-24(41)31(34,35)36/h3-8,11-12,14,21,24H,9-10,13,15H2,1-2H3,(H,39,44)/t21-,24-/m0/s1. The molecule has 1 fully saturated rings. The molecule has 1 aliphatic rings. The maximum Gasteiger partial charge on any atom is 0.411 e. The second-order valence-electron chi connectivity index (χ2n) is 11.1. The van der Waals surface area contributed by atoms with Gasteiger partial charge in [-0.25, -0.2) is 27.9 Å². The molecular weight excluding hydrogens is 661 g/mol. The van der Waals surface area contributed by atoms with Crippen LogP contribution in [0.5, 0.6) is 0 Å². The second-order valence-corrected chi connectivity index (χ2v) is 11.1. The lowest BCUT2D eigenvalue weighted by atomic mass is 10.1. The number of aryl methyl sites for hydroxylation is 1. The zero-order valence-electron chi connectivity index (χ0n) is 25.7. The molecule has 0 radical (unpaired) electrons. The van der Waals surface area contributed by atoms with Crippen LogP contribution < -0.4 is 21.5 Å². The number of pyridine rings is 2. The van der Waals surface area contributed by atoms with E-state index in [2.05, 4.69) is 15.3 Å². The summed E-state index contributed by atoms with van der Waals surface area (Å²) >= 11 is 0. The number of anilines is 1. The molecule has 0 spiro atoms. The van der Waals surface area contributed by atoms with Gasteiger partial charge in [-0.3, -0.25) is 19.1 Å². The summed E-state index contributed by atoms with van der Waals surface area (Å²) in [7, 11) is 2.51. The minimum Gasteiger partial charge on any atom is -0.467 e. The fourth-order valence-electron chi connectivity index (χ4n) is 5.80. The van der Waals surface area contributed by atoms with Gasteiger partial charge < -0.3 is 24.1 Å². The minimum atomic E-state index is -4.76. The van der Waals surface area contributed by atoms with Crippen LogP contribution in [0.2, 0.25) is 0 Å². The molecule has 5 heterocycles. The number of nitrogens with one attached hydrogen (secondary N) is 1. The van der Waals surface area contributed by atoms with E-state index in [0.717, 1.165) is 16.6 Å². The van der Waals surface area contributed by atoms with Crippen molar-refractivity contribution in [3.05, 3.63) is 98.8 Å². The van der Waals surface area contributed by atoms with Crippen LogP contribution in [0.1, 0.15) is 16.1 Å². The fraction of sp³-hybridized carbons (Fsp3) is 0.290. The quantitative estimate of drug-likeness (QED) is 0.202. The summed E-state index contributed by atoms with van der Waals surface area (Å²) in [6.07, 6.45) is 0.574. The number of fused-ring (bicyclic) bond motifs is 2. The first-order valence-corrected chi connectivity index (χ1v) is 14.6. The smallest absolute Gasteiger partial charge is 0.411 e. The van der Waals surface area contributed by atoms with Crippen LogP contribution in [0.15, 0.2) is 64.7 Å². The normalized spacial score (nSPS) is 15.8. The summed E-state index contributed by atoms with van der Waals surface area (Å²) in [6.45, 7) is -1.16. The highest BCUT2D eigenvalue weighted by Gasteiger charge is 2.46. The molecule has 256 valence electrons. The van der Waals surface area contributed by atoms with Crippen molar-refractivity contribution in [2.24, 2.45) is 7.05 Å². The Balaban J connectivity index is 1.31. The molecule has 13 nitrogen and oxygen atoms in total. The number of halogens is 5. The molecular formula is C31H26F5N7O6. The van der Waals surface area contributed by atoms with Gasteiger partial charge in [-0.2, -0.15) is 13.2 Å². The molecule has 18 heteroatoms. The zero-order valence-corrected chi connectivity index (χ0v) is 25.7. The molecule has 2 atom stereocenters. The molecule has 5 aromatic rings. The number of benzene rings is 1. The van der Waals surface area contributed by atoms with Gasteiger partial charge in [0.25, 0.3) is 11.5 Å². The van der Waals surface area contributed by atoms with Gasteiger partial charge in [-0.1, -0.05) is 0 Å². The van der Waals surface area contributed by atoms with Gasteiger partial charge in [0, 0.05) is 50.0 Å². The number of carbonyl (C=O) groups is 2. The van der Waals surface area contributed by atoms with Gasteiger partial charge in [0.1, 0.15) is 29.3 Å². The van der Waals surface area contributed by atoms with Crippen LogP contribution in [0.3, 0.4) is 0 Å². The van der Waals surface area contributed by atoms with Crippen molar-refractivity contribution in [2.45, 2.75) is 24.7 Å². The van der Waals surface area contributed by atoms with E-state index in [1.165, 1.54) is 59.0 Å². The fourth-order valence-corrected chi connectivity index (χ4v) is 5.80. The number of alkyl halides is 3. The van der Waals surface area contributed by atoms with Crippen LogP contribution in [0.4, 0.5) is 27.6 Å². The monoisotopic (exact) mass is 687 g/mol. The summed E-state index contributed by atoms with van der Waals surface area (Å²) in [5, 5.41) is 2.46. The highest BCUT2D eigenvalue weighted by atomic mass is 19.4. The summed E-state index contributed by atoms with van der Waals surface area (Å²) in [6, 6.07) is 1.89. The summed E-state index contributed by atoms with van der Waals surface area (Å²) in [5.74, 6) is -5.27. The third-order valence-corrected chi connectivity index (χ3v) is 8.22. The van der Waals surface area contributed by atoms with Crippen LogP contribution >= 0.6 is 0 Å². The summed E-state index contributed by atoms with van der Waals surface area (Å²) in [5.41, 5.74) is -2.02. The lowest BCUT2D eigenvalue weighted by Gasteiger charge is -2.38. The number of rotatable bonds is 7.